The molecular weight excluding hydrogens is 581 g/mol. The minimum Gasteiger partial charge on any atom is -0.339 e. The highest BCUT2D eigenvalue weighted by atomic mass is 19.1. The van der Waals surface area contributed by atoms with Crippen molar-refractivity contribution < 1.29 is 18.8 Å². The molecule has 5 aromatic rings. The highest BCUT2D eigenvalue weighted by molar-refractivity contribution is 6.06. The molecule has 232 valence electrons. The largest absolute Gasteiger partial charge is 0.339 e. The molecule has 1 aromatic heterocycles. The van der Waals surface area contributed by atoms with Crippen LogP contribution in [0.5, 0.6) is 0 Å². The van der Waals surface area contributed by atoms with E-state index in [0.717, 1.165) is 30.6 Å². The van der Waals surface area contributed by atoms with Crippen LogP contribution in [0.25, 0.3) is 10.9 Å². The molecule has 1 fully saturated rings. The van der Waals surface area contributed by atoms with E-state index in [-0.39, 0.29) is 24.2 Å². The Kier molecular flexibility index (Phi) is 9.12. The van der Waals surface area contributed by atoms with Crippen LogP contribution in [-0.4, -0.2) is 47.7 Å². The Hall–Kier alpha value is -5.41. The molecule has 2 heterocycles. The second-order valence-corrected chi connectivity index (χ2v) is 11.5. The van der Waals surface area contributed by atoms with Gasteiger partial charge in [0, 0.05) is 36.7 Å². The van der Waals surface area contributed by atoms with Gasteiger partial charge in [0.2, 0.25) is 5.91 Å². The third-order valence-electron chi connectivity index (χ3n) is 8.26. The monoisotopic (exact) mass is 615 g/mol. The molecule has 2 unspecified atom stereocenters. The SMILES string of the molecule is CN(Cc1ccc(F)cc1)C(=O)C(NC(=O)c1ccc2nc(NC(=O)c3ccccc3C3CCNC3)ccc2c1)c1ccccc1. The zero-order chi connectivity index (χ0) is 32.0. The van der Waals surface area contributed by atoms with Crippen molar-refractivity contribution in [1.82, 2.24) is 20.5 Å². The van der Waals surface area contributed by atoms with E-state index in [9.17, 15) is 18.8 Å². The van der Waals surface area contributed by atoms with Gasteiger partial charge in [-0.05, 0) is 84.1 Å². The fourth-order valence-electron chi connectivity index (χ4n) is 5.81. The number of rotatable bonds is 9. The van der Waals surface area contributed by atoms with Gasteiger partial charge in [0.15, 0.2) is 0 Å². The molecular formula is C37H34FN5O3. The fourth-order valence-corrected chi connectivity index (χ4v) is 5.81. The van der Waals surface area contributed by atoms with Crippen LogP contribution < -0.4 is 16.0 Å². The summed E-state index contributed by atoms with van der Waals surface area (Å²) in [5, 5.41) is 9.89. The van der Waals surface area contributed by atoms with Gasteiger partial charge >= 0.3 is 0 Å². The zero-order valence-electron chi connectivity index (χ0n) is 25.4. The molecule has 4 aromatic carbocycles. The van der Waals surface area contributed by atoms with Crippen molar-refractivity contribution in [2.75, 3.05) is 25.5 Å². The van der Waals surface area contributed by atoms with Crippen molar-refractivity contribution in [3.63, 3.8) is 0 Å². The quantitative estimate of drug-likeness (QED) is 0.194. The molecule has 0 aliphatic carbocycles. The molecule has 8 nitrogen and oxygen atoms in total. The first-order valence-electron chi connectivity index (χ1n) is 15.2. The number of carbonyl (C=O) groups excluding carboxylic acids is 3. The summed E-state index contributed by atoms with van der Waals surface area (Å²) in [5.74, 6) is -0.591. The maximum atomic E-state index is 13.6. The van der Waals surface area contributed by atoms with E-state index in [4.69, 9.17) is 0 Å². The Morgan fingerprint density at radius 1 is 0.913 bits per heavy atom. The number of aromatic nitrogens is 1. The van der Waals surface area contributed by atoms with Crippen LogP contribution in [0.15, 0.2) is 109 Å². The lowest BCUT2D eigenvalue weighted by molar-refractivity contribution is -0.132. The van der Waals surface area contributed by atoms with Crippen LogP contribution in [0.2, 0.25) is 0 Å². The Balaban J connectivity index is 1.17. The average Bonchev–Trinajstić information content (AvgIpc) is 3.63. The average molecular weight is 616 g/mol. The molecule has 9 heteroatoms. The third-order valence-corrected chi connectivity index (χ3v) is 8.26. The lowest BCUT2D eigenvalue weighted by atomic mass is 9.93. The Morgan fingerprint density at radius 3 is 2.43 bits per heavy atom. The molecule has 0 radical (unpaired) electrons. The number of hydrogen-bond acceptors (Lipinski definition) is 5. The first-order chi connectivity index (χ1) is 22.4. The second kappa shape index (κ2) is 13.7. The summed E-state index contributed by atoms with van der Waals surface area (Å²) in [7, 11) is 1.65. The second-order valence-electron chi connectivity index (χ2n) is 11.5. The smallest absolute Gasteiger partial charge is 0.257 e. The number of carbonyl (C=O) groups is 3. The Labute approximate surface area is 266 Å². The molecule has 1 aliphatic rings. The lowest BCUT2D eigenvalue weighted by Crippen LogP contribution is -2.41. The van der Waals surface area contributed by atoms with Crippen LogP contribution in [0, 0.1) is 5.82 Å². The molecule has 0 spiro atoms. The normalized spacial score (nSPS) is 14.9. The maximum absolute atomic E-state index is 13.6. The minimum absolute atomic E-state index is 0.216. The van der Waals surface area contributed by atoms with Gasteiger partial charge in [-0.25, -0.2) is 9.37 Å². The molecule has 2 atom stereocenters. The zero-order valence-corrected chi connectivity index (χ0v) is 25.4. The van der Waals surface area contributed by atoms with Gasteiger partial charge in [-0.1, -0.05) is 60.7 Å². The van der Waals surface area contributed by atoms with E-state index in [2.05, 4.69) is 20.9 Å². The van der Waals surface area contributed by atoms with Crippen molar-refractivity contribution in [3.05, 3.63) is 143 Å². The Bertz CT molecular complexity index is 1870. The van der Waals surface area contributed by atoms with Gasteiger partial charge in [0.25, 0.3) is 11.8 Å². The fraction of sp³-hybridized carbons (Fsp3) is 0.189. The molecule has 0 bridgehead atoms. The van der Waals surface area contributed by atoms with Gasteiger partial charge in [0.1, 0.15) is 17.7 Å². The van der Waals surface area contributed by atoms with Crippen LogP contribution in [0.1, 0.15) is 55.8 Å². The van der Waals surface area contributed by atoms with E-state index in [1.165, 1.54) is 17.0 Å². The van der Waals surface area contributed by atoms with Crippen LogP contribution in [0.4, 0.5) is 10.2 Å². The van der Waals surface area contributed by atoms with Crippen molar-refractivity contribution in [2.24, 2.45) is 0 Å². The summed E-state index contributed by atoms with van der Waals surface area (Å²) in [4.78, 5) is 46.5. The number of nitrogens with zero attached hydrogens (tertiary/aromatic N) is 2. The number of pyridine rings is 1. The topological polar surface area (TPSA) is 103 Å². The minimum atomic E-state index is -0.937. The standard InChI is InChI=1S/C37H34FN5O3/c1-43(23-24-11-15-29(38)16-12-24)37(46)34(25-7-3-2-4-8-25)42-35(44)27-13-17-32-26(21-27)14-18-33(40-32)41-36(45)31-10-6-5-9-30(31)28-19-20-39-22-28/h2-18,21,28,34,39H,19-20,22-23H2,1H3,(H,42,44)(H,40,41,45). The summed E-state index contributed by atoms with van der Waals surface area (Å²) in [6.45, 7) is 2.04. The highest BCUT2D eigenvalue weighted by Crippen LogP contribution is 2.27. The Morgan fingerprint density at radius 2 is 1.67 bits per heavy atom. The maximum Gasteiger partial charge on any atom is 0.257 e. The van der Waals surface area contributed by atoms with Crippen molar-refractivity contribution >= 4 is 34.4 Å². The number of likely N-dealkylation sites (N-methyl/N-ethyl adjacent to an activating group) is 1. The number of fused-ring (bicyclic) bond motifs is 1. The number of amides is 3. The molecule has 1 saturated heterocycles. The van der Waals surface area contributed by atoms with Gasteiger partial charge < -0.3 is 20.9 Å². The molecule has 0 saturated carbocycles. The molecule has 6 rings (SSSR count). The first-order valence-corrected chi connectivity index (χ1v) is 15.2. The predicted octanol–water partition coefficient (Wildman–Crippen LogP) is 5.83. The molecule has 1 aliphatic heterocycles. The summed E-state index contributed by atoms with van der Waals surface area (Å²) >= 11 is 0. The number of halogens is 1. The third kappa shape index (κ3) is 6.95. The lowest BCUT2D eigenvalue weighted by Gasteiger charge is -2.25. The molecule has 46 heavy (non-hydrogen) atoms. The van der Waals surface area contributed by atoms with E-state index in [0.29, 0.717) is 39.3 Å². The summed E-state index contributed by atoms with van der Waals surface area (Å²) in [6.07, 6.45) is 0.987. The predicted molar refractivity (Wildman–Crippen MR) is 176 cm³/mol. The molecule has 3 amide bonds. The van der Waals surface area contributed by atoms with Gasteiger partial charge in [0.05, 0.1) is 5.52 Å². The molecule has 3 N–H and O–H groups in total. The first kappa shape index (κ1) is 30.6. The van der Waals surface area contributed by atoms with Crippen LogP contribution >= 0.6 is 0 Å². The number of nitrogens with one attached hydrogen (secondary N) is 3. The van der Waals surface area contributed by atoms with Crippen molar-refractivity contribution in [2.45, 2.75) is 24.9 Å². The van der Waals surface area contributed by atoms with Crippen LogP contribution in [-0.2, 0) is 11.3 Å². The van der Waals surface area contributed by atoms with Gasteiger partial charge in [-0.15, -0.1) is 0 Å². The van der Waals surface area contributed by atoms with Gasteiger partial charge in [-0.2, -0.15) is 0 Å². The van der Waals surface area contributed by atoms with E-state index >= 15 is 0 Å². The van der Waals surface area contributed by atoms with E-state index in [1.54, 1.807) is 61.6 Å². The van der Waals surface area contributed by atoms with Crippen molar-refractivity contribution in [3.8, 4) is 0 Å². The number of hydrogen-bond donors (Lipinski definition) is 3. The summed E-state index contributed by atoms with van der Waals surface area (Å²) in [5.41, 5.74) is 4.03. The van der Waals surface area contributed by atoms with Crippen LogP contribution in [0.3, 0.4) is 0 Å². The summed E-state index contributed by atoms with van der Waals surface area (Å²) < 4.78 is 13.4. The summed E-state index contributed by atoms with van der Waals surface area (Å²) in [6, 6.07) is 30.3. The van der Waals surface area contributed by atoms with Crippen molar-refractivity contribution in [1.29, 1.82) is 0 Å². The van der Waals surface area contributed by atoms with E-state index in [1.807, 2.05) is 42.5 Å². The number of benzene rings is 4. The number of anilines is 1. The van der Waals surface area contributed by atoms with E-state index < -0.39 is 11.9 Å². The highest BCUT2D eigenvalue weighted by Gasteiger charge is 2.27. The van der Waals surface area contributed by atoms with Gasteiger partial charge in [-0.3, -0.25) is 14.4 Å².